The number of aromatic nitrogens is 2. The SMILES string of the molecule is COc1cc(-c2noc(CN(C)CC(O)C3CC3)n2)ccc1C. The molecule has 6 nitrogen and oxygen atoms in total. The van der Waals surface area contributed by atoms with E-state index in [0.717, 1.165) is 29.7 Å². The fourth-order valence-electron chi connectivity index (χ4n) is 2.64. The molecule has 1 fully saturated rings. The van der Waals surface area contributed by atoms with Crippen LogP contribution in [-0.2, 0) is 6.54 Å². The summed E-state index contributed by atoms with van der Waals surface area (Å²) in [6, 6.07) is 5.83. The molecule has 0 spiro atoms. The van der Waals surface area contributed by atoms with Crippen molar-refractivity contribution in [2.24, 2.45) is 5.92 Å². The molecule has 6 heteroatoms. The van der Waals surface area contributed by atoms with E-state index >= 15 is 0 Å². The Balaban J connectivity index is 1.65. The summed E-state index contributed by atoms with van der Waals surface area (Å²) in [4.78, 5) is 6.45. The maximum absolute atomic E-state index is 9.98. The number of ether oxygens (including phenoxy) is 1. The number of rotatable bonds is 7. The van der Waals surface area contributed by atoms with Gasteiger partial charge < -0.3 is 14.4 Å². The van der Waals surface area contributed by atoms with Crippen molar-refractivity contribution in [3.63, 3.8) is 0 Å². The van der Waals surface area contributed by atoms with Crippen molar-refractivity contribution in [3.05, 3.63) is 29.7 Å². The van der Waals surface area contributed by atoms with Crippen LogP contribution in [0.2, 0.25) is 0 Å². The maximum Gasteiger partial charge on any atom is 0.241 e. The van der Waals surface area contributed by atoms with E-state index in [0.29, 0.717) is 30.7 Å². The van der Waals surface area contributed by atoms with Crippen molar-refractivity contribution in [3.8, 4) is 17.1 Å². The number of hydrogen-bond acceptors (Lipinski definition) is 6. The molecule has 1 atom stereocenters. The number of aliphatic hydroxyl groups is 1. The molecule has 3 rings (SSSR count). The standard InChI is InChI=1S/C17H23N3O3/c1-11-4-5-13(8-15(11)22-3)17-18-16(23-19-17)10-20(2)9-14(21)12-6-7-12/h4-5,8,12,14,21H,6-7,9-10H2,1-3H3. The van der Waals surface area contributed by atoms with Gasteiger partial charge in [-0.2, -0.15) is 4.98 Å². The molecule has 2 aromatic rings. The number of likely N-dealkylation sites (N-methyl/N-ethyl adjacent to an activating group) is 1. The van der Waals surface area contributed by atoms with Gasteiger partial charge in [-0.25, -0.2) is 0 Å². The molecule has 1 aromatic heterocycles. The van der Waals surface area contributed by atoms with Gasteiger partial charge in [-0.3, -0.25) is 4.90 Å². The van der Waals surface area contributed by atoms with Gasteiger partial charge in [-0.15, -0.1) is 0 Å². The van der Waals surface area contributed by atoms with E-state index in [2.05, 4.69) is 10.1 Å². The number of hydrogen-bond donors (Lipinski definition) is 1. The van der Waals surface area contributed by atoms with Gasteiger partial charge in [-0.05, 0) is 44.4 Å². The third-order valence-electron chi connectivity index (χ3n) is 4.20. The molecular weight excluding hydrogens is 294 g/mol. The fraction of sp³-hybridized carbons (Fsp3) is 0.529. The van der Waals surface area contributed by atoms with Gasteiger partial charge in [0.1, 0.15) is 5.75 Å². The van der Waals surface area contributed by atoms with Crippen molar-refractivity contribution < 1.29 is 14.4 Å². The van der Waals surface area contributed by atoms with E-state index in [9.17, 15) is 5.11 Å². The van der Waals surface area contributed by atoms with Crippen molar-refractivity contribution in [1.29, 1.82) is 0 Å². The lowest BCUT2D eigenvalue weighted by Crippen LogP contribution is -2.30. The highest BCUT2D eigenvalue weighted by molar-refractivity contribution is 5.58. The summed E-state index contributed by atoms with van der Waals surface area (Å²) in [7, 11) is 3.60. The second-order valence-electron chi connectivity index (χ2n) is 6.30. The molecule has 0 bridgehead atoms. The quantitative estimate of drug-likeness (QED) is 0.844. The topological polar surface area (TPSA) is 71.6 Å². The fourth-order valence-corrected chi connectivity index (χ4v) is 2.64. The monoisotopic (exact) mass is 317 g/mol. The van der Waals surface area contributed by atoms with Crippen molar-refractivity contribution in [1.82, 2.24) is 15.0 Å². The van der Waals surface area contributed by atoms with Crippen LogP contribution in [0.15, 0.2) is 22.7 Å². The largest absolute Gasteiger partial charge is 0.496 e. The van der Waals surface area contributed by atoms with Gasteiger partial charge in [0.15, 0.2) is 0 Å². The number of nitrogens with zero attached hydrogens (tertiary/aromatic N) is 3. The van der Waals surface area contributed by atoms with Crippen LogP contribution in [0.25, 0.3) is 11.4 Å². The second kappa shape index (κ2) is 6.68. The molecule has 23 heavy (non-hydrogen) atoms. The summed E-state index contributed by atoms with van der Waals surface area (Å²) in [5.74, 6) is 2.37. The zero-order valence-corrected chi connectivity index (χ0v) is 13.8. The van der Waals surface area contributed by atoms with Crippen molar-refractivity contribution >= 4 is 0 Å². The molecule has 1 saturated carbocycles. The molecule has 1 N–H and O–H groups in total. The van der Waals surface area contributed by atoms with Gasteiger partial charge in [0.05, 0.1) is 19.8 Å². The van der Waals surface area contributed by atoms with Crippen LogP contribution in [0.3, 0.4) is 0 Å². The van der Waals surface area contributed by atoms with E-state index in [-0.39, 0.29) is 6.10 Å². The smallest absolute Gasteiger partial charge is 0.241 e. The van der Waals surface area contributed by atoms with E-state index in [4.69, 9.17) is 9.26 Å². The van der Waals surface area contributed by atoms with Gasteiger partial charge in [-0.1, -0.05) is 17.3 Å². The molecule has 0 radical (unpaired) electrons. The van der Waals surface area contributed by atoms with Crippen LogP contribution in [0.4, 0.5) is 0 Å². The first-order chi connectivity index (χ1) is 11.1. The number of methoxy groups -OCH3 is 1. The zero-order chi connectivity index (χ0) is 16.4. The molecule has 1 unspecified atom stereocenters. The second-order valence-corrected chi connectivity index (χ2v) is 6.30. The lowest BCUT2D eigenvalue weighted by Gasteiger charge is -2.18. The minimum atomic E-state index is -0.260. The highest BCUT2D eigenvalue weighted by Crippen LogP contribution is 2.32. The minimum Gasteiger partial charge on any atom is -0.496 e. The highest BCUT2D eigenvalue weighted by atomic mass is 16.5. The molecule has 1 aromatic carbocycles. The van der Waals surface area contributed by atoms with Gasteiger partial charge in [0, 0.05) is 12.1 Å². The van der Waals surface area contributed by atoms with Crippen LogP contribution >= 0.6 is 0 Å². The first kappa shape index (κ1) is 16.0. The van der Waals surface area contributed by atoms with Gasteiger partial charge in [0.2, 0.25) is 11.7 Å². The number of aliphatic hydroxyl groups excluding tert-OH is 1. The summed E-state index contributed by atoms with van der Waals surface area (Å²) in [6.07, 6.45) is 2.01. The normalized spacial score (nSPS) is 15.9. The summed E-state index contributed by atoms with van der Waals surface area (Å²) in [5.41, 5.74) is 1.93. The van der Waals surface area contributed by atoms with E-state index < -0.39 is 0 Å². The lowest BCUT2D eigenvalue weighted by molar-refractivity contribution is 0.0992. The summed E-state index contributed by atoms with van der Waals surface area (Å²) >= 11 is 0. The molecule has 124 valence electrons. The number of aryl methyl sites for hydroxylation is 1. The lowest BCUT2D eigenvalue weighted by atomic mass is 10.1. The predicted octanol–water partition coefficient (Wildman–Crippen LogP) is 2.26. The molecule has 0 amide bonds. The van der Waals surface area contributed by atoms with Crippen LogP contribution < -0.4 is 4.74 Å². The molecule has 1 heterocycles. The Labute approximate surface area is 136 Å². The van der Waals surface area contributed by atoms with Crippen LogP contribution in [0.1, 0.15) is 24.3 Å². The third kappa shape index (κ3) is 3.89. The Morgan fingerprint density at radius 3 is 2.91 bits per heavy atom. The third-order valence-corrected chi connectivity index (χ3v) is 4.20. The molecule has 1 aliphatic rings. The molecular formula is C17H23N3O3. The predicted molar refractivity (Wildman–Crippen MR) is 86.1 cm³/mol. The molecule has 1 aliphatic carbocycles. The minimum absolute atomic E-state index is 0.260. The van der Waals surface area contributed by atoms with Gasteiger partial charge >= 0.3 is 0 Å². The van der Waals surface area contributed by atoms with Crippen LogP contribution in [0.5, 0.6) is 5.75 Å². The summed E-state index contributed by atoms with van der Waals surface area (Å²) in [6.45, 7) is 3.14. The molecule has 0 aliphatic heterocycles. The van der Waals surface area contributed by atoms with Crippen LogP contribution in [0, 0.1) is 12.8 Å². The first-order valence-corrected chi connectivity index (χ1v) is 7.91. The Morgan fingerprint density at radius 2 is 2.22 bits per heavy atom. The van der Waals surface area contributed by atoms with Crippen LogP contribution in [-0.4, -0.2) is 47.0 Å². The average molecular weight is 317 g/mol. The van der Waals surface area contributed by atoms with E-state index in [1.165, 1.54) is 0 Å². The Morgan fingerprint density at radius 1 is 1.43 bits per heavy atom. The average Bonchev–Trinajstić information content (AvgIpc) is 3.28. The highest BCUT2D eigenvalue weighted by Gasteiger charge is 2.30. The summed E-state index contributed by atoms with van der Waals surface area (Å²) < 4.78 is 10.7. The van der Waals surface area contributed by atoms with E-state index in [1.807, 2.05) is 37.1 Å². The Bertz CT molecular complexity index is 667. The van der Waals surface area contributed by atoms with Gasteiger partial charge in [0.25, 0.3) is 0 Å². The zero-order valence-electron chi connectivity index (χ0n) is 13.8. The number of benzene rings is 1. The molecule has 0 saturated heterocycles. The maximum atomic E-state index is 9.98. The van der Waals surface area contributed by atoms with E-state index in [1.54, 1.807) is 7.11 Å². The Kier molecular flexibility index (Phi) is 4.63. The van der Waals surface area contributed by atoms with Crippen molar-refractivity contribution in [2.75, 3.05) is 20.7 Å². The van der Waals surface area contributed by atoms with Crippen molar-refractivity contribution in [2.45, 2.75) is 32.4 Å². The Hall–Kier alpha value is -1.92. The summed E-state index contributed by atoms with van der Waals surface area (Å²) in [5, 5.41) is 14.0. The first-order valence-electron chi connectivity index (χ1n) is 7.91.